The SMILES string of the molecule is COc1cc(F)ccc1N1CCN(c2c(C#N)c(=O)n(C)c(=O)n2C)CC1. The van der Waals surface area contributed by atoms with Crippen LogP contribution >= 0.6 is 0 Å². The fourth-order valence-corrected chi connectivity index (χ4v) is 3.37. The molecule has 0 spiro atoms. The van der Waals surface area contributed by atoms with E-state index in [-0.39, 0.29) is 11.4 Å². The number of halogens is 1. The first kappa shape index (κ1) is 18.5. The first-order chi connectivity index (χ1) is 12.9. The lowest BCUT2D eigenvalue weighted by atomic mass is 10.2. The van der Waals surface area contributed by atoms with Crippen molar-refractivity contribution in [2.75, 3.05) is 43.1 Å². The molecule has 0 amide bonds. The number of benzene rings is 1. The van der Waals surface area contributed by atoms with Crippen LogP contribution in [-0.2, 0) is 14.1 Å². The minimum absolute atomic E-state index is 0.0487. The molecule has 2 heterocycles. The average Bonchev–Trinajstić information content (AvgIpc) is 2.69. The fraction of sp³-hybridized carbons (Fsp3) is 0.389. The molecule has 0 aliphatic carbocycles. The quantitative estimate of drug-likeness (QED) is 0.776. The molecule has 1 aromatic heterocycles. The second-order valence-corrected chi connectivity index (χ2v) is 6.31. The van der Waals surface area contributed by atoms with E-state index in [1.54, 1.807) is 13.1 Å². The summed E-state index contributed by atoms with van der Waals surface area (Å²) in [6.45, 7) is 2.12. The molecule has 1 aromatic carbocycles. The Bertz CT molecular complexity index is 1030. The van der Waals surface area contributed by atoms with Crippen LogP contribution < -0.4 is 25.8 Å². The predicted molar refractivity (Wildman–Crippen MR) is 99.0 cm³/mol. The number of rotatable bonds is 3. The second kappa shape index (κ2) is 7.15. The van der Waals surface area contributed by atoms with Crippen molar-refractivity contribution >= 4 is 11.5 Å². The van der Waals surface area contributed by atoms with Gasteiger partial charge in [-0.05, 0) is 12.1 Å². The van der Waals surface area contributed by atoms with Crippen LogP contribution in [0.5, 0.6) is 5.75 Å². The van der Waals surface area contributed by atoms with Crippen molar-refractivity contribution in [3.8, 4) is 11.8 Å². The van der Waals surface area contributed by atoms with E-state index >= 15 is 0 Å². The minimum Gasteiger partial charge on any atom is -0.494 e. The Morgan fingerprint density at radius 1 is 1.07 bits per heavy atom. The summed E-state index contributed by atoms with van der Waals surface area (Å²) >= 11 is 0. The number of anilines is 2. The second-order valence-electron chi connectivity index (χ2n) is 6.31. The first-order valence-electron chi connectivity index (χ1n) is 8.42. The number of aromatic nitrogens is 2. The molecule has 2 aromatic rings. The van der Waals surface area contributed by atoms with Crippen LogP contribution in [-0.4, -0.2) is 42.4 Å². The zero-order valence-electron chi connectivity index (χ0n) is 15.4. The summed E-state index contributed by atoms with van der Waals surface area (Å²) < 4.78 is 20.9. The van der Waals surface area contributed by atoms with Gasteiger partial charge in [-0.25, -0.2) is 9.18 Å². The lowest BCUT2D eigenvalue weighted by Gasteiger charge is -2.38. The van der Waals surface area contributed by atoms with Gasteiger partial charge in [-0.2, -0.15) is 5.26 Å². The van der Waals surface area contributed by atoms with Gasteiger partial charge in [0.2, 0.25) is 0 Å². The number of ether oxygens (including phenoxy) is 1. The summed E-state index contributed by atoms with van der Waals surface area (Å²) in [5, 5.41) is 9.43. The molecule has 0 radical (unpaired) electrons. The maximum absolute atomic E-state index is 13.4. The molecule has 1 aliphatic heterocycles. The summed E-state index contributed by atoms with van der Waals surface area (Å²) in [5.74, 6) is 0.404. The molecule has 0 unspecified atom stereocenters. The van der Waals surface area contributed by atoms with Crippen LogP contribution in [0.15, 0.2) is 27.8 Å². The Morgan fingerprint density at radius 3 is 2.30 bits per heavy atom. The molecule has 8 nitrogen and oxygen atoms in total. The van der Waals surface area contributed by atoms with Crippen molar-refractivity contribution < 1.29 is 9.13 Å². The summed E-state index contributed by atoms with van der Waals surface area (Å²) in [5.41, 5.74) is -0.348. The number of nitrogens with zero attached hydrogens (tertiary/aromatic N) is 5. The van der Waals surface area contributed by atoms with E-state index in [1.807, 2.05) is 15.9 Å². The highest BCUT2D eigenvalue weighted by Gasteiger charge is 2.26. The van der Waals surface area contributed by atoms with Crippen LogP contribution in [0.25, 0.3) is 0 Å². The van der Waals surface area contributed by atoms with E-state index < -0.39 is 11.2 Å². The van der Waals surface area contributed by atoms with E-state index in [0.717, 1.165) is 10.3 Å². The fourth-order valence-electron chi connectivity index (χ4n) is 3.37. The zero-order valence-corrected chi connectivity index (χ0v) is 15.4. The third-order valence-electron chi connectivity index (χ3n) is 4.81. The Hall–Kier alpha value is -3.28. The Morgan fingerprint density at radius 2 is 1.70 bits per heavy atom. The topological polar surface area (TPSA) is 83.5 Å². The smallest absolute Gasteiger partial charge is 0.332 e. The number of hydrogen-bond donors (Lipinski definition) is 0. The van der Waals surface area contributed by atoms with E-state index in [9.17, 15) is 19.2 Å². The minimum atomic E-state index is -0.599. The molecule has 0 saturated carbocycles. The van der Waals surface area contributed by atoms with E-state index in [4.69, 9.17) is 4.74 Å². The van der Waals surface area contributed by atoms with Crippen molar-refractivity contribution in [3.05, 3.63) is 50.4 Å². The van der Waals surface area contributed by atoms with Crippen LogP contribution in [0.4, 0.5) is 15.9 Å². The largest absolute Gasteiger partial charge is 0.494 e. The third-order valence-corrected chi connectivity index (χ3v) is 4.81. The highest BCUT2D eigenvalue weighted by Crippen LogP contribution is 2.30. The molecule has 142 valence electrons. The van der Waals surface area contributed by atoms with Crippen molar-refractivity contribution in [1.29, 1.82) is 5.26 Å². The summed E-state index contributed by atoms with van der Waals surface area (Å²) in [7, 11) is 4.39. The Balaban J connectivity index is 1.91. The molecule has 0 bridgehead atoms. The van der Waals surface area contributed by atoms with Gasteiger partial charge in [0.1, 0.15) is 23.5 Å². The summed E-state index contributed by atoms with van der Waals surface area (Å²) in [4.78, 5) is 28.4. The maximum atomic E-state index is 13.4. The summed E-state index contributed by atoms with van der Waals surface area (Å²) in [6, 6.07) is 6.30. The summed E-state index contributed by atoms with van der Waals surface area (Å²) in [6.07, 6.45) is 0. The van der Waals surface area contributed by atoms with Gasteiger partial charge in [0.15, 0.2) is 5.56 Å². The monoisotopic (exact) mass is 373 g/mol. The van der Waals surface area contributed by atoms with Gasteiger partial charge < -0.3 is 14.5 Å². The van der Waals surface area contributed by atoms with Crippen LogP contribution in [0, 0.1) is 17.1 Å². The third kappa shape index (κ3) is 3.14. The molecule has 0 N–H and O–H groups in total. The van der Waals surface area contributed by atoms with Gasteiger partial charge in [-0.1, -0.05) is 0 Å². The van der Waals surface area contributed by atoms with Crippen molar-refractivity contribution in [3.63, 3.8) is 0 Å². The Kier molecular flexibility index (Phi) is 4.90. The van der Waals surface area contributed by atoms with Crippen LogP contribution in [0.1, 0.15) is 5.56 Å². The van der Waals surface area contributed by atoms with E-state index in [2.05, 4.69) is 0 Å². The lowest BCUT2D eigenvalue weighted by Crippen LogP contribution is -2.50. The van der Waals surface area contributed by atoms with Gasteiger partial charge >= 0.3 is 5.69 Å². The van der Waals surface area contributed by atoms with Crippen molar-refractivity contribution in [1.82, 2.24) is 9.13 Å². The van der Waals surface area contributed by atoms with Gasteiger partial charge in [0.05, 0.1) is 12.8 Å². The van der Waals surface area contributed by atoms with Crippen LogP contribution in [0.3, 0.4) is 0 Å². The van der Waals surface area contributed by atoms with E-state index in [0.29, 0.717) is 37.7 Å². The molecule has 3 rings (SSSR count). The standard InChI is InChI=1S/C18H20FN5O3/c1-21-16(13(11-20)17(25)22(2)18(21)26)24-8-6-23(7-9-24)14-5-4-12(19)10-15(14)27-3/h4-5,10H,6-9H2,1-3H3. The zero-order chi connectivity index (χ0) is 19.7. The van der Waals surface area contributed by atoms with Crippen molar-refractivity contribution in [2.24, 2.45) is 14.1 Å². The predicted octanol–water partition coefficient (Wildman–Crippen LogP) is 0.430. The van der Waals surface area contributed by atoms with Crippen molar-refractivity contribution in [2.45, 2.75) is 0 Å². The lowest BCUT2D eigenvalue weighted by molar-refractivity contribution is 0.410. The van der Waals surface area contributed by atoms with E-state index in [1.165, 1.54) is 30.9 Å². The molecule has 1 aliphatic rings. The van der Waals surface area contributed by atoms with Gasteiger partial charge in [0, 0.05) is 46.3 Å². The number of piperazine rings is 1. The number of hydrogen-bond acceptors (Lipinski definition) is 6. The van der Waals surface area contributed by atoms with Gasteiger partial charge in [0.25, 0.3) is 5.56 Å². The molecule has 1 saturated heterocycles. The van der Waals surface area contributed by atoms with Crippen LogP contribution in [0.2, 0.25) is 0 Å². The maximum Gasteiger partial charge on any atom is 0.332 e. The molecular weight excluding hydrogens is 353 g/mol. The highest BCUT2D eigenvalue weighted by molar-refractivity contribution is 5.61. The molecule has 1 fully saturated rings. The molecule has 27 heavy (non-hydrogen) atoms. The highest BCUT2D eigenvalue weighted by atomic mass is 19.1. The van der Waals surface area contributed by atoms with Gasteiger partial charge in [-0.15, -0.1) is 0 Å². The molecule has 9 heteroatoms. The number of methoxy groups -OCH3 is 1. The average molecular weight is 373 g/mol. The normalized spacial score (nSPS) is 14.2. The Labute approximate surface area is 155 Å². The molecule has 0 atom stereocenters. The first-order valence-corrected chi connectivity index (χ1v) is 8.42. The molecular formula is C18H20FN5O3. The number of nitriles is 1. The van der Waals surface area contributed by atoms with Gasteiger partial charge in [-0.3, -0.25) is 13.9 Å².